The summed E-state index contributed by atoms with van der Waals surface area (Å²) in [5.41, 5.74) is 4.00. The summed E-state index contributed by atoms with van der Waals surface area (Å²) in [4.78, 5) is 4.79. The largest absolute Gasteiger partial charge is 0.493 e. The van der Waals surface area contributed by atoms with Crippen LogP contribution in [0.2, 0.25) is 0 Å². The molecule has 170 valence electrons. The Morgan fingerprint density at radius 2 is 1.22 bits per heavy atom. The third kappa shape index (κ3) is 6.84. The van der Waals surface area contributed by atoms with Gasteiger partial charge in [0, 0.05) is 25.6 Å². The van der Waals surface area contributed by atoms with Gasteiger partial charge in [0.05, 0.1) is 14.2 Å². The average Bonchev–Trinajstić information content (AvgIpc) is 2.84. The van der Waals surface area contributed by atoms with E-state index in [1.54, 1.807) is 14.2 Å². The standard InChI is InChI=1S/C28H36N2O2/c1-29(19-20-30(2)22-23-15-16-27(31-3)28(21-23)32-4)18-17-26(24-11-7-5-8-12-24)25-13-9-6-10-14-25/h5-16,21,26H,17-20,22H2,1-4H3. The molecule has 0 spiro atoms. The molecule has 0 aliphatic heterocycles. The Balaban J connectivity index is 1.52. The Bertz CT molecular complexity index is 891. The fourth-order valence-electron chi connectivity index (χ4n) is 4.07. The number of hydrogen-bond donors (Lipinski definition) is 0. The summed E-state index contributed by atoms with van der Waals surface area (Å²) in [6.07, 6.45) is 1.10. The first-order valence-electron chi connectivity index (χ1n) is 11.3. The highest BCUT2D eigenvalue weighted by Gasteiger charge is 2.15. The van der Waals surface area contributed by atoms with Gasteiger partial charge in [-0.3, -0.25) is 0 Å². The van der Waals surface area contributed by atoms with Crippen LogP contribution in [0.3, 0.4) is 0 Å². The molecule has 0 bridgehead atoms. The van der Waals surface area contributed by atoms with Crippen LogP contribution in [0.5, 0.6) is 11.5 Å². The summed E-state index contributed by atoms with van der Waals surface area (Å²) in [6, 6.07) is 27.8. The molecule has 0 fully saturated rings. The Labute approximate surface area is 193 Å². The summed E-state index contributed by atoms with van der Waals surface area (Å²) in [7, 11) is 7.73. The maximum absolute atomic E-state index is 5.43. The highest BCUT2D eigenvalue weighted by molar-refractivity contribution is 5.42. The molecule has 3 aromatic rings. The number of rotatable bonds is 12. The summed E-state index contributed by atoms with van der Waals surface area (Å²) < 4.78 is 10.8. The average molecular weight is 433 g/mol. The molecule has 4 nitrogen and oxygen atoms in total. The lowest BCUT2D eigenvalue weighted by atomic mass is 9.88. The van der Waals surface area contributed by atoms with Crippen molar-refractivity contribution in [3.8, 4) is 11.5 Å². The molecule has 0 unspecified atom stereocenters. The lowest BCUT2D eigenvalue weighted by molar-refractivity contribution is 0.248. The van der Waals surface area contributed by atoms with Crippen molar-refractivity contribution >= 4 is 0 Å². The lowest BCUT2D eigenvalue weighted by Crippen LogP contribution is -2.31. The maximum Gasteiger partial charge on any atom is 0.161 e. The minimum absolute atomic E-state index is 0.421. The van der Waals surface area contributed by atoms with E-state index in [1.165, 1.54) is 16.7 Å². The predicted octanol–water partition coefficient (Wildman–Crippen LogP) is 5.29. The first kappa shape index (κ1) is 23.8. The van der Waals surface area contributed by atoms with Crippen LogP contribution in [0.1, 0.15) is 29.0 Å². The van der Waals surface area contributed by atoms with Crippen molar-refractivity contribution < 1.29 is 9.47 Å². The molecule has 0 saturated heterocycles. The van der Waals surface area contributed by atoms with Crippen LogP contribution in [-0.4, -0.2) is 57.7 Å². The summed E-state index contributed by atoms with van der Waals surface area (Å²) in [6.45, 7) is 3.97. The molecule has 0 amide bonds. The van der Waals surface area contributed by atoms with E-state index in [4.69, 9.17) is 9.47 Å². The van der Waals surface area contributed by atoms with Gasteiger partial charge in [-0.2, -0.15) is 0 Å². The minimum atomic E-state index is 0.421. The molecule has 32 heavy (non-hydrogen) atoms. The second-order valence-corrected chi connectivity index (χ2v) is 8.39. The molecule has 3 rings (SSSR count). The second-order valence-electron chi connectivity index (χ2n) is 8.39. The summed E-state index contributed by atoms with van der Waals surface area (Å²) in [5.74, 6) is 1.97. The van der Waals surface area contributed by atoms with E-state index in [0.29, 0.717) is 5.92 Å². The molecule has 0 aromatic heterocycles. The van der Waals surface area contributed by atoms with Gasteiger partial charge in [0.2, 0.25) is 0 Å². The fourth-order valence-corrected chi connectivity index (χ4v) is 4.07. The maximum atomic E-state index is 5.43. The van der Waals surface area contributed by atoms with Crippen molar-refractivity contribution in [3.05, 3.63) is 95.6 Å². The molecule has 0 radical (unpaired) electrons. The van der Waals surface area contributed by atoms with Crippen molar-refractivity contribution in [2.45, 2.75) is 18.9 Å². The van der Waals surface area contributed by atoms with Crippen LogP contribution in [0.25, 0.3) is 0 Å². The summed E-state index contributed by atoms with van der Waals surface area (Å²) >= 11 is 0. The van der Waals surface area contributed by atoms with Gasteiger partial charge < -0.3 is 19.3 Å². The predicted molar refractivity (Wildman–Crippen MR) is 133 cm³/mol. The molecule has 4 heteroatoms. The van der Waals surface area contributed by atoms with E-state index in [9.17, 15) is 0 Å². The van der Waals surface area contributed by atoms with Crippen molar-refractivity contribution in [1.29, 1.82) is 0 Å². The zero-order valence-electron chi connectivity index (χ0n) is 19.8. The molecule has 0 aliphatic carbocycles. The van der Waals surface area contributed by atoms with Crippen LogP contribution in [-0.2, 0) is 6.54 Å². The van der Waals surface area contributed by atoms with Gasteiger partial charge in [-0.1, -0.05) is 66.7 Å². The molecule has 0 saturated carbocycles. The number of nitrogens with zero attached hydrogens (tertiary/aromatic N) is 2. The number of ether oxygens (including phenoxy) is 2. The Morgan fingerprint density at radius 3 is 1.78 bits per heavy atom. The lowest BCUT2D eigenvalue weighted by Gasteiger charge is -2.25. The van der Waals surface area contributed by atoms with Crippen molar-refractivity contribution in [2.75, 3.05) is 47.9 Å². The van der Waals surface area contributed by atoms with Gasteiger partial charge in [0.1, 0.15) is 0 Å². The smallest absolute Gasteiger partial charge is 0.161 e. The number of hydrogen-bond acceptors (Lipinski definition) is 4. The minimum Gasteiger partial charge on any atom is -0.493 e. The zero-order chi connectivity index (χ0) is 22.8. The second kappa shape index (κ2) is 12.3. The van der Waals surface area contributed by atoms with E-state index in [1.807, 2.05) is 6.07 Å². The molecule has 0 atom stereocenters. The first-order chi connectivity index (χ1) is 15.6. The van der Waals surface area contributed by atoms with Crippen molar-refractivity contribution in [1.82, 2.24) is 9.80 Å². The van der Waals surface area contributed by atoms with Gasteiger partial charge in [0.25, 0.3) is 0 Å². The topological polar surface area (TPSA) is 24.9 Å². The zero-order valence-corrected chi connectivity index (χ0v) is 19.8. The SMILES string of the molecule is COc1ccc(CN(C)CCN(C)CCC(c2ccccc2)c2ccccc2)cc1OC. The van der Waals surface area contributed by atoms with Gasteiger partial charge in [-0.15, -0.1) is 0 Å². The Hall–Kier alpha value is -2.82. The molecule has 0 heterocycles. The molecule has 3 aromatic carbocycles. The highest BCUT2D eigenvalue weighted by Crippen LogP contribution is 2.29. The van der Waals surface area contributed by atoms with Gasteiger partial charge in [0.15, 0.2) is 11.5 Å². The normalized spacial score (nSPS) is 11.3. The Morgan fingerprint density at radius 1 is 0.656 bits per heavy atom. The van der Waals surface area contributed by atoms with E-state index in [0.717, 1.165) is 44.1 Å². The Kier molecular flexibility index (Phi) is 9.14. The molecular formula is C28H36N2O2. The fraction of sp³-hybridized carbons (Fsp3) is 0.357. The number of methoxy groups -OCH3 is 2. The summed E-state index contributed by atoms with van der Waals surface area (Å²) in [5, 5.41) is 0. The van der Waals surface area contributed by atoms with Gasteiger partial charge in [-0.05, 0) is 55.9 Å². The van der Waals surface area contributed by atoms with E-state index >= 15 is 0 Å². The van der Waals surface area contributed by atoms with E-state index in [-0.39, 0.29) is 0 Å². The molecular weight excluding hydrogens is 396 g/mol. The quantitative estimate of drug-likeness (QED) is 0.388. The van der Waals surface area contributed by atoms with Crippen LogP contribution < -0.4 is 9.47 Å². The van der Waals surface area contributed by atoms with E-state index in [2.05, 4.69) is 96.7 Å². The van der Waals surface area contributed by atoms with Gasteiger partial charge >= 0.3 is 0 Å². The highest BCUT2D eigenvalue weighted by atomic mass is 16.5. The monoisotopic (exact) mass is 432 g/mol. The van der Waals surface area contributed by atoms with Crippen LogP contribution in [0.4, 0.5) is 0 Å². The van der Waals surface area contributed by atoms with Crippen molar-refractivity contribution in [2.24, 2.45) is 0 Å². The number of benzene rings is 3. The van der Waals surface area contributed by atoms with Crippen LogP contribution >= 0.6 is 0 Å². The van der Waals surface area contributed by atoms with Crippen molar-refractivity contribution in [3.63, 3.8) is 0 Å². The number of likely N-dealkylation sites (N-methyl/N-ethyl adjacent to an activating group) is 2. The van der Waals surface area contributed by atoms with Crippen LogP contribution in [0, 0.1) is 0 Å². The third-order valence-electron chi connectivity index (χ3n) is 5.97. The third-order valence-corrected chi connectivity index (χ3v) is 5.97. The molecule has 0 aliphatic rings. The van der Waals surface area contributed by atoms with Gasteiger partial charge in [-0.25, -0.2) is 0 Å². The molecule has 0 N–H and O–H groups in total. The van der Waals surface area contributed by atoms with Crippen LogP contribution in [0.15, 0.2) is 78.9 Å². The van der Waals surface area contributed by atoms with E-state index < -0.39 is 0 Å². The first-order valence-corrected chi connectivity index (χ1v) is 11.3.